The van der Waals surface area contributed by atoms with Crippen LogP contribution in [0.25, 0.3) is 0 Å². The van der Waals surface area contributed by atoms with Crippen molar-refractivity contribution < 1.29 is 13.2 Å². The van der Waals surface area contributed by atoms with Gasteiger partial charge < -0.3 is 10.5 Å². The van der Waals surface area contributed by atoms with Crippen LogP contribution >= 0.6 is 11.3 Å². The summed E-state index contributed by atoms with van der Waals surface area (Å²) in [6.07, 6.45) is 0. The summed E-state index contributed by atoms with van der Waals surface area (Å²) in [7, 11) is -3.56. The Balaban J connectivity index is 2.08. The van der Waals surface area contributed by atoms with Crippen molar-refractivity contribution in [2.45, 2.75) is 4.21 Å². The van der Waals surface area contributed by atoms with Crippen molar-refractivity contribution in [2.75, 3.05) is 23.2 Å². The van der Waals surface area contributed by atoms with Gasteiger partial charge in [-0.1, -0.05) is 12.1 Å². The number of ether oxygens (including phenoxy) is 1. The molecular formula is C12H12N2O3S2. The van der Waals surface area contributed by atoms with Gasteiger partial charge in [0.05, 0.1) is 12.2 Å². The van der Waals surface area contributed by atoms with E-state index in [0.29, 0.717) is 30.3 Å². The van der Waals surface area contributed by atoms with E-state index in [1.807, 2.05) is 6.07 Å². The van der Waals surface area contributed by atoms with E-state index in [0.717, 1.165) is 11.3 Å². The predicted molar refractivity (Wildman–Crippen MR) is 75.2 cm³/mol. The van der Waals surface area contributed by atoms with Crippen molar-refractivity contribution in [3.8, 4) is 5.75 Å². The van der Waals surface area contributed by atoms with E-state index in [2.05, 4.69) is 0 Å². The molecule has 0 saturated heterocycles. The fourth-order valence-corrected chi connectivity index (χ4v) is 4.62. The Bertz CT molecular complexity index is 709. The average molecular weight is 296 g/mol. The van der Waals surface area contributed by atoms with Gasteiger partial charge in [0.15, 0.2) is 0 Å². The van der Waals surface area contributed by atoms with Crippen molar-refractivity contribution in [2.24, 2.45) is 0 Å². The second-order valence-electron chi connectivity index (χ2n) is 4.09. The van der Waals surface area contributed by atoms with Gasteiger partial charge >= 0.3 is 0 Å². The van der Waals surface area contributed by atoms with Crippen molar-refractivity contribution >= 4 is 32.7 Å². The highest BCUT2D eigenvalue weighted by molar-refractivity contribution is 7.94. The average Bonchev–Trinajstić information content (AvgIpc) is 2.85. The monoisotopic (exact) mass is 296 g/mol. The molecule has 2 N–H and O–H groups in total. The van der Waals surface area contributed by atoms with E-state index < -0.39 is 10.0 Å². The molecule has 0 aliphatic carbocycles. The number of nitrogens with two attached hydrogens (primary N) is 1. The third-order valence-electron chi connectivity index (χ3n) is 2.83. The van der Waals surface area contributed by atoms with Crippen LogP contribution in [0, 0.1) is 0 Å². The van der Waals surface area contributed by atoms with Gasteiger partial charge in [-0.25, -0.2) is 8.42 Å². The molecule has 0 atom stereocenters. The zero-order valence-electron chi connectivity index (χ0n) is 9.94. The van der Waals surface area contributed by atoms with E-state index >= 15 is 0 Å². The molecule has 0 saturated carbocycles. The number of hydrogen-bond donors (Lipinski definition) is 1. The Morgan fingerprint density at radius 1 is 1.32 bits per heavy atom. The standard InChI is InChI=1S/C12H12N2O3S2/c13-9-7-12(18-8-9)19(15,16)14-5-6-17-11-4-2-1-3-10(11)14/h1-4,7-8H,5-6,13H2. The van der Waals surface area contributed by atoms with E-state index in [4.69, 9.17) is 10.5 Å². The Kier molecular flexibility index (Phi) is 2.87. The van der Waals surface area contributed by atoms with Crippen LogP contribution in [-0.4, -0.2) is 21.6 Å². The van der Waals surface area contributed by atoms with Crippen LogP contribution in [0.15, 0.2) is 39.9 Å². The van der Waals surface area contributed by atoms with Gasteiger partial charge in [-0.3, -0.25) is 4.31 Å². The molecule has 5 nitrogen and oxygen atoms in total. The second-order valence-corrected chi connectivity index (χ2v) is 7.09. The third kappa shape index (κ3) is 2.04. The highest BCUT2D eigenvalue weighted by Crippen LogP contribution is 2.36. The van der Waals surface area contributed by atoms with Gasteiger partial charge in [-0.2, -0.15) is 0 Å². The van der Waals surface area contributed by atoms with Crippen molar-refractivity contribution in [3.05, 3.63) is 35.7 Å². The topological polar surface area (TPSA) is 72.6 Å². The number of anilines is 2. The number of hydrogen-bond acceptors (Lipinski definition) is 5. The molecule has 3 rings (SSSR count). The molecule has 0 unspecified atom stereocenters. The lowest BCUT2D eigenvalue weighted by atomic mass is 10.2. The molecule has 0 amide bonds. The molecule has 0 fully saturated rings. The first kappa shape index (κ1) is 12.3. The summed E-state index contributed by atoms with van der Waals surface area (Å²) in [4.78, 5) is 0. The summed E-state index contributed by atoms with van der Waals surface area (Å²) in [6.45, 7) is 0.647. The molecule has 1 aromatic carbocycles. The lowest BCUT2D eigenvalue weighted by Gasteiger charge is -2.29. The minimum absolute atomic E-state index is 0.252. The molecule has 2 heterocycles. The SMILES string of the molecule is Nc1csc(S(=O)(=O)N2CCOc3ccccc32)c1. The molecule has 100 valence electrons. The lowest BCUT2D eigenvalue weighted by molar-refractivity contribution is 0.316. The largest absolute Gasteiger partial charge is 0.489 e. The molecular weight excluding hydrogens is 284 g/mol. The van der Waals surface area contributed by atoms with Crippen molar-refractivity contribution in [1.29, 1.82) is 0 Å². The maximum Gasteiger partial charge on any atom is 0.274 e. The summed E-state index contributed by atoms with van der Waals surface area (Å²) < 4.78 is 32.3. The van der Waals surface area contributed by atoms with Gasteiger partial charge in [-0.15, -0.1) is 11.3 Å². The van der Waals surface area contributed by atoms with Crippen molar-refractivity contribution in [3.63, 3.8) is 0 Å². The van der Waals surface area contributed by atoms with Crippen molar-refractivity contribution in [1.82, 2.24) is 0 Å². The van der Waals surface area contributed by atoms with Gasteiger partial charge in [0, 0.05) is 11.1 Å². The number of nitrogen functional groups attached to an aromatic ring is 1. The van der Waals surface area contributed by atoms with Crippen LogP contribution in [0.5, 0.6) is 5.75 Å². The third-order valence-corrected chi connectivity index (χ3v) is 6.07. The summed E-state index contributed by atoms with van der Waals surface area (Å²) in [5.41, 5.74) is 6.64. The molecule has 0 radical (unpaired) electrons. The Morgan fingerprint density at radius 3 is 2.84 bits per heavy atom. The number of sulfonamides is 1. The lowest BCUT2D eigenvalue weighted by Crippen LogP contribution is -2.37. The zero-order chi connectivity index (χ0) is 13.5. The quantitative estimate of drug-likeness (QED) is 0.919. The minimum atomic E-state index is -3.56. The Hall–Kier alpha value is -1.73. The van der Waals surface area contributed by atoms with E-state index in [1.54, 1.807) is 23.6 Å². The number of benzene rings is 1. The summed E-state index contributed by atoms with van der Waals surface area (Å²) >= 11 is 1.13. The Labute approximate surface area is 115 Å². The van der Waals surface area contributed by atoms with Gasteiger partial charge in [0.2, 0.25) is 0 Å². The summed E-state index contributed by atoms with van der Waals surface area (Å²) in [6, 6.07) is 8.60. The molecule has 1 aliphatic rings. The van der Waals surface area contributed by atoms with Crippen LogP contribution in [0.4, 0.5) is 11.4 Å². The number of fused-ring (bicyclic) bond motifs is 1. The number of rotatable bonds is 2. The summed E-state index contributed by atoms with van der Waals surface area (Å²) in [5, 5.41) is 1.62. The van der Waals surface area contributed by atoms with Crippen LogP contribution in [0.1, 0.15) is 0 Å². The minimum Gasteiger partial charge on any atom is -0.489 e. The van der Waals surface area contributed by atoms with Crippen LogP contribution in [-0.2, 0) is 10.0 Å². The molecule has 1 aromatic heterocycles. The highest BCUT2D eigenvalue weighted by atomic mass is 32.2. The van der Waals surface area contributed by atoms with E-state index in [-0.39, 0.29) is 4.21 Å². The molecule has 2 aromatic rings. The fourth-order valence-electron chi connectivity index (χ4n) is 1.97. The normalized spacial score (nSPS) is 14.8. The maximum atomic E-state index is 12.6. The van der Waals surface area contributed by atoms with Gasteiger partial charge in [0.25, 0.3) is 10.0 Å². The highest BCUT2D eigenvalue weighted by Gasteiger charge is 2.30. The first-order valence-corrected chi connectivity index (χ1v) is 7.99. The van der Waals surface area contributed by atoms with E-state index in [9.17, 15) is 8.42 Å². The van der Waals surface area contributed by atoms with Gasteiger partial charge in [-0.05, 0) is 18.2 Å². The van der Waals surface area contributed by atoms with Gasteiger partial charge in [0.1, 0.15) is 16.6 Å². The first-order valence-electron chi connectivity index (χ1n) is 5.67. The second kappa shape index (κ2) is 4.43. The fraction of sp³-hybridized carbons (Fsp3) is 0.167. The molecule has 19 heavy (non-hydrogen) atoms. The van der Waals surface area contributed by atoms with Crippen LogP contribution < -0.4 is 14.8 Å². The first-order chi connectivity index (χ1) is 9.09. The zero-order valence-corrected chi connectivity index (χ0v) is 11.6. The van der Waals surface area contributed by atoms with E-state index in [1.165, 1.54) is 10.4 Å². The molecule has 7 heteroatoms. The van der Waals surface area contributed by atoms with Crippen LogP contribution in [0.3, 0.4) is 0 Å². The molecule has 0 bridgehead atoms. The number of nitrogens with zero attached hydrogens (tertiary/aromatic N) is 1. The number of thiophene rings is 1. The smallest absolute Gasteiger partial charge is 0.274 e. The van der Waals surface area contributed by atoms with Crippen LogP contribution in [0.2, 0.25) is 0 Å². The predicted octanol–water partition coefficient (Wildman–Crippen LogP) is 1.92. The maximum absolute atomic E-state index is 12.6. The Morgan fingerprint density at radius 2 is 2.11 bits per heavy atom. The summed E-state index contributed by atoms with van der Waals surface area (Å²) in [5.74, 6) is 0.585. The molecule has 0 spiro atoms. The number of para-hydroxylation sites is 2. The molecule has 1 aliphatic heterocycles.